The smallest absolute Gasteiger partial charge is 0.263 e. The van der Waals surface area contributed by atoms with Crippen LogP contribution in [0.3, 0.4) is 0 Å². The number of carbonyl (C=O) groups is 1. The summed E-state index contributed by atoms with van der Waals surface area (Å²) >= 11 is 2.82. The van der Waals surface area contributed by atoms with Crippen LogP contribution in [-0.4, -0.2) is 21.2 Å². The number of rotatable bonds is 5. The van der Waals surface area contributed by atoms with Crippen molar-refractivity contribution in [3.8, 4) is 0 Å². The van der Waals surface area contributed by atoms with Crippen molar-refractivity contribution in [2.24, 2.45) is 0 Å². The summed E-state index contributed by atoms with van der Waals surface area (Å²) in [6, 6.07) is 7.65. The maximum atomic E-state index is 12.8. The van der Waals surface area contributed by atoms with Crippen LogP contribution < -0.4 is 10.9 Å². The van der Waals surface area contributed by atoms with Gasteiger partial charge in [-0.1, -0.05) is 30.0 Å². The van der Waals surface area contributed by atoms with E-state index in [1.165, 1.54) is 23.1 Å². The summed E-state index contributed by atoms with van der Waals surface area (Å²) in [5.41, 5.74) is 2.79. The molecule has 1 N–H and O–H groups in total. The summed E-state index contributed by atoms with van der Waals surface area (Å²) < 4.78 is 1.65. The fourth-order valence-corrected chi connectivity index (χ4v) is 4.66. The highest BCUT2D eigenvalue weighted by Crippen LogP contribution is 2.28. The molecule has 2 heterocycles. The largest absolute Gasteiger partial charge is 0.325 e. The second-order valence-corrected chi connectivity index (χ2v) is 8.20. The minimum absolute atomic E-state index is 0.0267. The number of amides is 1. The normalized spacial score (nSPS) is 11.1. The van der Waals surface area contributed by atoms with Crippen LogP contribution in [0.15, 0.2) is 34.2 Å². The molecule has 136 valence electrons. The number of aryl methyl sites for hydroxylation is 3. The molecule has 0 fully saturated rings. The second kappa shape index (κ2) is 7.63. The monoisotopic (exact) mass is 387 g/mol. The van der Waals surface area contributed by atoms with Gasteiger partial charge in [-0.05, 0) is 44.9 Å². The highest BCUT2D eigenvalue weighted by Gasteiger charge is 2.17. The predicted molar refractivity (Wildman–Crippen MR) is 110 cm³/mol. The molecule has 0 atom stereocenters. The van der Waals surface area contributed by atoms with Crippen molar-refractivity contribution in [1.29, 1.82) is 0 Å². The lowest BCUT2D eigenvalue weighted by Gasteiger charge is -2.11. The standard InChI is InChI=1S/C19H21N3O2S2/c1-5-22-18(24)16-12(3)13(4)26-17(16)21-19(22)25-10-15(23)20-14-9-7-6-8-11(14)2/h6-9H,5,10H2,1-4H3,(H,20,23). The molecule has 2 aromatic heterocycles. The lowest BCUT2D eigenvalue weighted by atomic mass is 10.2. The zero-order valence-electron chi connectivity index (χ0n) is 15.3. The van der Waals surface area contributed by atoms with Crippen LogP contribution in [0.5, 0.6) is 0 Å². The average Bonchev–Trinajstić information content (AvgIpc) is 2.89. The molecule has 0 radical (unpaired) electrons. The zero-order chi connectivity index (χ0) is 18.8. The Morgan fingerprint density at radius 3 is 2.69 bits per heavy atom. The molecule has 0 spiro atoms. The first-order valence-electron chi connectivity index (χ1n) is 8.41. The van der Waals surface area contributed by atoms with Gasteiger partial charge in [-0.15, -0.1) is 11.3 Å². The van der Waals surface area contributed by atoms with Gasteiger partial charge in [0.05, 0.1) is 11.1 Å². The molecule has 3 rings (SSSR count). The summed E-state index contributed by atoms with van der Waals surface area (Å²) in [5.74, 6) is 0.0927. The number of para-hydroxylation sites is 1. The van der Waals surface area contributed by atoms with E-state index in [9.17, 15) is 9.59 Å². The molecule has 1 aromatic carbocycles. The van der Waals surface area contributed by atoms with E-state index in [0.29, 0.717) is 17.1 Å². The van der Waals surface area contributed by atoms with Gasteiger partial charge >= 0.3 is 0 Å². The van der Waals surface area contributed by atoms with Crippen LogP contribution in [0.1, 0.15) is 22.9 Å². The van der Waals surface area contributed by atoms with Crippen LogP contribution >= 0.6 is 23.1 Å². The number of aromatic nitrogens is 2. The lowest BCUT2D eigenvalue weighted by molar-refractivity contribution is -0.113. The van der Waals surface area contributed by atoms with Crippen LogP contribution in [0.25, 0.3) is 10.2 Å². The molecular formula is C19H21N3O2S2. The maximum Gasteiger partial charge on any atom is 0.263 e. The van der Waals surface area contributed by atoms with E-state index in [2.05, 4.69) is 10.3 Å². The third kappa shape index (κ3) is 3.54. The number of benzene rings is 1. The third-order valence-corrected chi connectivity index (χ3v) is 6.40. The molecule has 0 aliphatic carbocycles. The van der Waals surface area contributed by atoms with E-state index >= 15 is 0 Å². The molecule has 0 unspecified atom stereocenters. The molecule has 0 saturated heterocycles. The fraction of sp³-hybridized carbons (Fsp3) is 0.316. The quantitative estimate of drug-likeness (QED) is 0.528. The van der Waals surface area contributed by atoms with E-state index < -0.39 is 0 Å². The Labute approximate surface area is 160 Å². The zero-order valence-corrected chi connectivity index (χ0v) is 16.9. The van der Waals surface area contributed by atoms with Crippen molar-refractivity contribution < 1.29 is 4.79 Å². The Morgan fingerprint density at radius 1 is 1.27 bits per heavy atom. The molecule has 3 aromatic rings. The number of carbonyl (C=O) groups excluding carboxylic acids is 1. The molecular weight excluding hydrogens is 366 g/mol. The molecule has 0 bridgehead atoms. The number of thioether (sulfide) groups is 1. The summed E-state index contributed by atoms with van der Waals surface area (Å²) in [7, 11) is 0. The Hall–Kier alpha value is -2.12. The lowest BCUT2D eigenvalue weighted by Crippen LogP contribution is -2.23. The minimum atomic E-state index is -0.111. The van der Waals surface area contributed by atoms with Crippen LogP contribution in [0.2, 0.25) is 0 Å². The van der Waals surface area contributed by atoms with E-state index in [4.69, 9.17) is 0 Å². The van der Waals surface area contributed by atoms with Gasteiger partial charge in [0.15, 0.2) is 5.16 Å². The molecule has 0 aliphatic heterocycles. The summed E-state index contributed by atoms with van der Waals surface area (Å²) in [6.07, 6.45) is 0. The van der Waals surface area contributed by atoms with Crippen molar-refractivity contribution in [2.75, 3.05) is 11.1 Å². The Bertz CT molecular complexity index is 1040. The number of thiophene rings is 1. The van der Waals surface area contributed by atoms with Gasteiger partial charge in [0, 0.05) is 17.1 Å². The predicted octanol–water partition coefficient (Wildman–Crippen LogP) is 4.13. The van der Waals surface area contributed by atoms with Gasteiger partial charge in [-0.3, -0.25) is 14.2 Å². The number of hydrogen-bond acceptors (Lipinski definition) is 5. The van der Waals surface area contributed by atoms with Crippen LogP contribution in [0, 0.1) is 20.8 Å². The first-order valence-corrected chi connectivity index (χ1v) is 10.2. The Kier molecular flexibility index (Phi) is 5.48. The second-order valence-electron chi connectivity index (χ2n) is 6.06. The average molecular weight is 388 g/mol. The fourth-order valence-electron chi connectivity index (χ4n) is 2.73. The van der Waals surface area contributed by atoms with Crippen LogP contribution in [0.4, 0.5) is 5.69 Å². The molecule has 7 heteroatoms. The van der Waals surface area contributed by atoms with Gasteiger partial charge in [-0.2, -0.15) is 0 Å². The third-order valence-electron chi connectivity index (χ3n) is 4.32. The number of anilines is 1. The van der Waals surface area contributed by atoms with Crippen molar-refractivity contribution in [3.05, 3.63) is 50.6 Å². The highest BCUT2D eigenvalue weighted by molar-refractivity contribution is 7.99. The Morgan fingerprint density at radius 2 is 2.00 bits per heavy atom. The van der Waals surface area contributed by atoms with Crippen molar-refractivity contribution in [1.82, 2.24) is 9.55 Å². The molecule has 26 heavy (non-hydrogen) atoms. The van der Waals surface area contributed by atoms with E-state index in [1.807, 2.05) is 52.0 Å². The van der Waals surface area contributed by atoms with Gasteiger partial charge in [0.1, 0.15) is 4.83 Å². The SMILES string of the molecule is CCn1c(SCC(=O)Nc2ccccc2C)nc2sc(C)c(C)c2c1=O. The number of nitrogens with one attached hydrogen (secondary N) is 1. The van der Waals surface area contributed by atoms with E-state index in [1.54, 1.807) is 4.57 Å². The van der Waals surface area contributed by atoms with E-state index in [-0.39, 0.29) is 17.2 Å². The summed E-state index contributed by atoms with van der Waals surface area (Å²) in [4.78, 5) is 31.6. The molecule has 1 amide bonds. The summed E-state index contributed by atoms with van der Waals surface area (Å²) in [5, 5.41) is 4.20. The van der Waals surface area contributed by atoms with Gasteiger partial charge in [0.25, 0.3) is 5.56 Å². The summed E-state index contributed by atoms with van der Waals surface area (Å²) in [6.45, 7) is 8.35. The molecule has 0 saturated carbocycles. The number of nitrogens with zero attached hydrogens (tertiary/aromatic N) is 2. The first kappa shape index (κ1) is 18.7. The topological polar surface area (TPSA) is 64.0 Å². The molecule has 5 nitrogen and oxygen atoms in total. The number of hydrogen-bond donors (Lipinski definition) is 1. The first-order chi connectivity index (χ1) is 12.4. The minimum Gasteiger partial charge on any atom is -0.325 e. The van der Waals surface area contributed by atoms with Gasteiger partial charge < -0.3 is 5.32 Å². The van der Waals surface area contributed by atoms with Crippen molar-refractivity contribution >= 4 is 44.9 Å². The van der Waals surface area contributed by atoms with Gasteiger partial charge in [0.2, 0.25) is 5.91 Å². The van der Waals surface area contributed by atoms with E-state index in [0.717, 1.165) is 26.5 Å². The van der Waals surface area contributed by atoms with Crippen molar-refractivity contribution in [2.45, 2.75) is 39.4 Å². The molecule has 0 aliphatic rings. The van der Waals surface area contributed by atoms with Crippen LogP contribution in [-0.2, 0) is 11.3 Å². The number of fused-ring (bicyclic) bond motifs is 1. The Balaban J connectivity index is 1.83. The van der Waals surface area contributed by atoms with Gasteiger partial charge in [-0.25, -0.2) is 4.98 Å². The highest BCUT2D eigenvalue weighted by atomic mass is 32.2. The van der Waals surface area contributed by atoms with Crippen molar-refractivity contribution in [3.63, 3.8) is 0 Å². The maximum absolute atomic E-state index is 12.8.